The first-order chi connectivity index (χ1) is 11.6. The van der Waals surface area contributed by atoms with Crippen molar-refractivity contribution >= 4 is 12.2 Å². The lowest BCUT2D eigenvalue weighted by molar-refractivity contribution is -0.148. The van der Waals surface area contributed by atoms with Crippen molar-refractivity contribution in [3.8, 4) is 0 Å². The lowest BCUT2D eigenvalue weighted by Crippen LogP contribution is -2.63. The summed E-state index contributed by atoms with van der Waals surface area (Å²) in [5.74, 6) is 0.0993. The molecule has 0 bridgehead atoms. The minimum Gasteiger partial charge on any atom is -0.391 e. The van der Waals surface area contributed by atoms with Crippen LogP contribution in [0.5, 0.6) is 0 Å². The monoisotopic (exact) mass is 360 g/mol. The predicted octanol–water partition coefficient (Wildman–Crippen LogP) is 0.780. The van der Waals surface area contributed by atoms with Crippen molar-refractivity contribution in [3.63, 3.8) is 0 Å². The molecule has 0 aliphatic rings. The summed E-state index contributed by atoms with van der Waals surface area (Å²) in [5, 5.41) is 40.4. The van der Waals surface area contributed by atoms with Crippen LogP contribution in [-0.4, -0.2) is 56.7 Å². The van der Waals surface area contributed by atoms with Gasteiger partial charge in [0, 0.05) is 6.42 Å². The van der Waals surface area contributed by atoms with Gasteiger partial charge in [-0.3, -0.25) is 9.59 Å². The van der Waals surface area contributed by atoms with Gasteiger partial charge in [0.1, 0.15) is 12.2 Å². The first-order valence-corrected chi connectivity index (χ1v) is 9.11. The Morgan fingerprint density at radius 1 is 1.00 bits per heavy atom. The lowest BCUT2D eigenvalue weighted by Gasteiger charge is -2.31. The first-order valence-electron chi connectivity index (χ1n) is 9.11. The molecule has 1 radical (unpaired) electrons. The molecule has 5 N–H and O–H groups in total. The van der Waals surface area contributed by atoms with Gasteiger partial charge in [0.05, 0.1) is 6.10 Å². The standard InChI is InChI=1S/C18H34NO6/c1-13(2)10-8-6-4-5-7-9-11-15(22)19-18(25,12-20)17(24)16(23)14(3)21/h13-14,16-17,21,23-25H,4-11H2,1-3H3,(H,19,22)/t14-,16-,17+,18+/m1/s1. The smallest absolute Gasteiger partial charge is 0.258 e. The van der Waals surface area contributed by atoms with E-state index in [1.807, 2.05) is 5.32 Å². The molecule has 0 spiro atoms. The number of hydrogen-bond donors (Lipinski definition) is 5. The number of amides is 1. The summed E-state index contributed by atoms with van der Waals surface area (Å²) in [7, 11) is 0. The van der Waals surface area contributed by atoms with Crippen molar-refractivity contribution in [1.29, 1.82) is 0 Å². The number of hydrogen-bond acceptors (Lipinski definition) is 6. The zero-order valence-electron chi connectivity index (χ0n) is 15.6. The maximum Gasteiger partial charge on any atom is 0.258 e. The average molecular weight is 360 g/mol. The van der Waals surface area contributed by atoms with Crippen molar-refractivity contribution in [2.45, 2.75) is 96.2 Å². The Morgan fingerprint density at radius 2 is 1.52 bits per heavy atom. The predicted molar refractivity (Wildman–Crippen MR) is 94.3 cm³/mol. The number of rotatable bonds is 14. The number of unbranched alkanes of at least 4 members (excludes halogenated alkanes) is 5. The first kappa shape index (κ1) is 24.0. The Balaban J connectivity index is 4.08. The molecule has 4 atom stereocenters. The van der Waals surface area contributed by atoms with Crippen LogP contribution in [0, 0.1) is 5.92 Å². The molecule has 0 saturated heterocycles. The van der Waals surface area contributed by atoms with Gasteiger partial charge in [-0.05, 0) is 19.3 Å². The number of nitrogens with one attached hydrogen (secondary N) is 1. The SMILES string of the molecule is CC(C)CCCCCCCCC(=O)N[C@](O)([C]=O)[C@@H](O)[C@H](O)[C@@H](C)O. The molecule has 0 aromatic rings. The van der Waals surface area contributed by atoms with E-state index in [4.69, 9.17) is 0 Å². The number of aliphatic hydroxyl groups excluding tert-OH is 3. The fourth-order valence-corrected chi connectivity index (χ4v) is 2.49. The van der Waals surface area contributed by atoms with Gasteiger partial charge in [0.25, 0.3) is 6.29 Å². The van der Waals surface area contributed by atoms with Crippen molar-refractivity contribution in [2.24, 2.45) is 5.92 Å². The molecule has 0 aliphatic heterocycles. The van der Waals surface area contributed by atoms with Gasteiger partial charge >= 0.3 is 0 Å². The highest BCUT2D eigenvalue weighted by atomic mass is 16.4. The highest BCUT2D eigenvalue weighted by Gasteiger charge is 2.43. The van der Waals surface area contributed by atoms with E-state index in [-0.39, 0.29) is 6.42 Å². The van der Waals surface area contributed by atoms with Crippen LogP contribution >= 0.6 is 0 Å². The Labute approximate surface area is 150 Å². The second-order valence-electron chi connectivity index (χ2n) is 7.15. The van der Waals surface area contributed by atoms with Crippen molar-refractivity contribution in [2.75, 3.05) is 0 Å². The number of carbonyl (C=O) groups excluding carboxylic acids is 2. The zero-order valence-corrected chi connectivity index (χ0v) is 15.6. The minimum atomic E-state index is -2.75. The number of carbonyl (C=O) groups is 1. The third kappa shape index (κ3) is 9.89. The summed E-state index contributed by atoms with van der Waals surface area (Å²) in [6, 6.07) is 0. The summed E-state index contributed by atoms with van der Waals surface area (Å²) in [4.78, 5) is 22.7. The third-order valence-electron chi connectivity index (χ3n) is 4.17. The molecule has 0 saturated carbocycles. The summed E-state index contributed by atoms with van der Waals surface area (Å²) < 4.78 is 0. The van der Waals surface area contributed by atoms with E-state index in [1.165, 1.54) is 26.2 Å². The van der Waals surface area contributed by atoms with Gasteiger partial charge in [-0.2, -0.15) is 0 Å². The van der Waals surface area contributed by atoms with E-state index in [0.29, 0.717) is 6.42 Å². The molecule has 0 unspecified atom stereocenters. The van der Waals surface area contributed by atoms with Crippen molar-refractivity contribution < 1.29 is 30.0 Å². The van der Waals surface area contributed by atoms with E-state index < -0.39 is 29.9 Å². The molecular formula is C18H34NO6. The normalized spacial score (nSPS) is 17.6. The molecule has 0 heterocycles. The maximum absolute atomic E-state index is 11.8. The summed E-state index contributed by atoms with van der Waals surface area (Å²) in [6.45, 7) is 5.59. The van der Waals surface area contributed by atoms with Crippen LogP contribution in [-0.2, 0) is 9.59 Å². The Hall–Kier alpha value is -1.02. The second kappa shape index (κ2) is 12.4. The van der Waals surface area contributed by atoms with Gasteiger partial charge in [-0.25, -0.2) is 0 Å². The zero-order chi connectivity index (χ0) is 19.5. The Bertz CT molecular complexity index is 388. The third-order valence-corrected chi connectivity index (χ3v) is 4.17. The maximum atomic E-state index is 11.8. The molecule has 147 valence electrons. The largest absolute Gasteiger partial charge is 0.391 e. The molecule has 0 aromatic heterocycles. The molecule has 1 amide bonds. The number of aliphatic hydroxyl groups is 4. The summed E-state index contributed by atoms with van der Waals surface area (Å²) in [6.07, 6.45) is 3.16. The van der Waals surface area contributed by atoms with Gasteiger partial charge < -0.3 is 25.7 Å². The molecule has 0 aliphatic carbocycles. The average Bonchev–Trinajstić information content (AvgIpc) is 2.55. The second-order valence-corrected chi connectivity index (χ2v) is 7.15. The van der Waals surface area contributed by atoms with Gasteiger partial charge in [-0.1, -0.05) is 52.4 Å². The van der Waals surface area contributed by atoms with Crippen LogP contribution < -0.4 is 5.32 Å². The van der Waals surface area contributed by atoms with E-state index in [1.54, 1.807) is 0 Å². The van der Waals surface area contributed by atoms with Crippen LogP contribution in [0.1, 0.15) is 72.1 Å². The minimum absolute atomic E-state index is 0.0908. The molecule has 25 heavy (non-hydrogen) atoms. The highest BCUT2D eigenvalue weighted by molar-refractivity contribution is 5.81. The molecule has 0 rings (SSSR count). The molecule has 0 fully saturated rings. The Morgan fingerprint density at radius 3 is 2.00 bits per heavy atom. The summed E-state index contributed by atoms with van der Waals surface area (Å²) >= 11 is 0. The van der Waals surface area contributed by atoms with Crippen LogP contribution in [0.15, 0.2) is 0 Å². The highest BCUT2D eigenvalue weighted by Crippen LogP contribution is 2.14. The molecule has 7 nitrogen and oxygen atoms in total. The van der Waals surface area contributed by atoms with E-state index in [9.17, 15) is 30.0 Å². The van der Waals surface area contributed by atoms with E-state index >= 15 is 0 Å². The molecular weight excluding hydrogens is 326 g/mol. The topological polar surface area (TPSA) is 127 Å². The van der Waals surface area contributed by atoms with Crippen LogP contribution in [0.2, 0.25) is 0 Å². The van der Waals surface area contributed by atoms with Gasteiger partial charge in [0.2, 0.25) is 11.6 Å². The van der Waals surface area contributed by atoms with Crippen molar-refractivity contribution in [1.82, 2.24) is 5.32 Å². The van der Waals surface area contributed by atoms with Crippen LogP contribution in [0.25, 0.3) is 0 Å². The molecule has 7 heteroatoms. The van der Waals surface area contributed by atoms with Gasteiger partial charge in [0.15, 0.2) is 0 Å². The van der Waals surface area contributed by atoms with E-state index in [2.05, 4.69) is 13.8 Å². The van der Waals surface area contributed by atoms with Crippen molar-refractivity contribution in [3.05, 3.63) is 0 Å². The fraction of sp³-hybridized carbons (Fsp3) is 0.889. The fourth-order valence-electron chi connectivity index (χ4n) is 2.49. The lowest BCUT2D eigenvalue weighted by atomic mass is 9.98. The van der Waals surface area contributed by atoms with Gasteiger partial charge in [-0.15, -0.1) is 0 Å². The summed E-state index contributed by atoms with van der Waals surface area (Å²) in [5.41, 5.74) is -2.75. The van der Waals surface area contributed by atoms with E-state index in [0.717, 1.165) is 31.5 Å². The Kier molecular flexibility index (Phi) is 11.8. The quantitative estimate of drug-likeness (QED) is 0.230. The van der Waals surface area contributed by atoms with Crippen LogP contribution in [0.3, 0.4) is 0 Å². The molecule has 0 aromatic carbocycles. The van der Waals surface area contributed by atoms with Crippen LogP contribution in [0.4, 0.5) is 0 Å².